The number of hydrogen-bond acceptors (Lipinski definition) is 1. The summed E-state index contributed by atoms with van der Waals surface area (Å²) in [5, 5.41) is 0.419. The van der Waals surface area contributed by atoms with E-state index < -0.39 is 0 Å². The van der Waals surface area contributed by atoms with E-state index >= 15 is 0 Å². The molecule has 88 valence electrons. The molecule has 0 fully saturated rings. The van der Waals surface area contributed by atoms with Crippen LogP contribution in [0, 0.1) is 12.7 Å². The van der Waals surface area contributed by atoms with Gasteiger partial charge < -0.3 is 5.73 Å². The summed E-state index contributed by atoms with van der Waals surface area (Å²) in [5.74, 6) is -0.310. The average Bonchev–Trinajstić information content (AvgIpc) is 2.31. The van der Waals surface area contributed by atoms with Crippen molar-refractivity contribution >= 4 is 11.6 Å². The predicted octanol–water partition coefficient (Wildman–Crippen LogP) is 3.91. The number of hydrogen-bond donors (Lipinski definition) is 1. The molecule has 1 nitrogen and oxygen atoms in total. The van der Waals surface area contributed by atoms with E-state index in [1.54, 1.807) is 12.1 Å². The first-order chi connectivity index (χ1) is 8.13. The summed E-state index contributed by atoms with van der Waals surface area (Å²) in [6.45, 7) is 2.36. The topological polar surface area (TPSA) is 26.0 Å². The molecule has 0 saturated carbocycles. The molecule has 0 aliphatic carbocycles. The maximum Gasteiger partial charge on any atom is 0.132 e. The molecular weight excluding hydrogens is 237 g/mol. The Labute approximate surface area is 105 Å². The quantitative estimate of drug-likeness (QED) is 0.858. The summed E-state index contributed by atoms with van der Waals surface area (Å²) in [6.07, 6.45) is 0. The molecular formula is C14H13ClFN. The lowest BCUT2D eigenvalue weighted by atomic mass is 9.97. The molecule has 0 heterocycles. The van der Waals surface area contributed by atoms with E-state index in [0.29, 0.717) is 17.1 Å². The largest absolute Gasteiger partial charge is 0.326 e. The fourth-order valence-electron chi connectivity index (χ4n) is 1.82. The third-order valence-corrected chi connectivity index (χ3v) is 3.08. The van der Waals surface area contributed by atoms with Crippen molar-refractivity contribution < 1.29 is 4.39 Å². The molecule has 2 aromatic rings. The summed E-state index contributed by atoms with van der Waals surface area (Å²) in [6, 6.07) is 10.5. The van der Waals surface area contributed by atoms with E-state index in [1.165, 1.54) is 6.07 Å². The van der Waals surface area contributed by atoms with Crippen LogP contribution in [-0.4, -0.2) is 0 Å². The van der Waals surface area contributed by atoms with Crippen molar-refractivity contribution in [2.24, 2.45) is 5.73 Å². The van der Waals surface area contributed by atoms with E-state index in [9.17, 15) is 4.39 Å². The molecule has 0 aliphatic heterocycles. The lowest BCUT2D eigenvalue weighted by Crippen LogP contribution is -1.98. The van der Waals surface area contributed by atoms with Gasteiger partial charge in [0.05, 0.1) is 5.02 Å². The lowest BCUT2D eigenvalue weighted by molar-refractivity contribution is 0.631. The van der Waals surface area contributed by atoms with Crippen LogP contribution in [0.1, 0.15) is 11.1 Å². The first kappa shape index (κ1) is 12.1. The second-order valence-electron chi connectivity index (χ2n) is 3.95. The number of benzene rings is 2. The van der Waals surface area contributed by atoms with Crippen LogP contribution in [0.15, 0.2) is 36.4 Å². The van der Waals surface area contributed by atoms with Gasteiger partial charge in [0.1, 0.15) is 5.82 Å². The SMILES string of the molecule is Cc1ccc(CN)cc1-c1c(F)cccc1Cl. The van der Waals surface area contributed by atoms with Gasteiger partial charge in [0.25, 0.3) is 0 Å². The number of nitrogens with two attached hydrogens (primary N) is 1. The van der Waals surface area contributed by atoms with Crippen molar-refractivity contribution in [3.05, 3.63) is 58.4 Å². The molecule has 2 aromatic carbocycles. The highest BCUT2D eigenvalue weighted by Crippen LogP contribution is 2.33. The minimum absolute atomic E-state index is 0.310. The van der Waals surface area contributed by atoms with Crippen molar-refractivity contribution in [1.29, 1.82) is 0 Å². The first-order valence-electron chi connectivity index (χ1n) is 5.37. The lowest BCUT2D eigenvalue weighted by Gasteiger charge is -2.11. The summed E-state index contributed by atoms with van der Waals surface area (Å²) in [7, 11) is 0. The van der Waals surface area contributed by atoms with Gasteiger partial charge >= 0.3 is 0 Å². The van der Waals surface area contributed by atoms with Gasteiger partial charge in [-0.1, -0.05) is 29.8 Å². The summed E-state index contributed by atoms with van der Waals surface area (Å²) in [5.41, 5.74) is 8.79. The zero-order valence-electron chi connectivity index (χ0n) is 9.50. The molecule has 2 rings (SSSR count). The Kier molecular flexibility index (Phi) is 3.46. The van der Waals surface area contributed by atoms with Gasteiger partial charge in [-0.15, -0.1) is 0 Å². The van der Waals surface area contributed by atoms with Gasteiger partial charge in [-0.05, 0) is 41.8 Å². The minimum atomic E-state index is -0.310. The van der Waals surface area contributed by atoms with Gasteiger partial charge in [-0.2, -0.15) is 0 Å². The van der Waals surface area contributed by atoms with E-state index in [2.05, 4.69) is 0 Å². The Hall–Kier alpha value is -1.38. The Morgan fingerprint density at radius 1 is 1.24 bits per heavy atom. The van der Waals surface area contributed by atoms with Crippen LogP contribution in [0.4, 0.5) is 4.39 Å². The molecule has 0 aromatic heterocycles. The molecule has 0 aliphatic rings. The standard InChI is InChI=1S/C14H13ClFN/c1-9-5-6-10(8-17)7-11(9)14-12(15)3-2-4-13(14)16/h2-7H,8,17H2,1H3. The second-order valence-corrected chi connectivity index (χ2v) is 4.36. The van der Waals surface area contributed by atoms with Crippen molar-refractivity contribution in [1.82, 2.24) is 0 Å². The molecule has 0 spiro atoms. The van der Waals surface area contributed by atoms with Crippen LogP contribution < -0.4 is 5.73 Å². The predicted molar refractivity (Wildman–Crippen MR) is 69.5 cm³/mol. The monoisotopic (exact) mass is 249 g/mol. The van der Waals surface area contributed by atoms with E-state index in [-0.39, 0.29) is 5.82 Å². The number of aryl methyl sites for hydroxylation is 1. The maximum absolute atomic E-state index is 13.8. The van der Waals surface area contributed by atoms with E-state index in [4.69, 9.17) is 17.3 Å². The highest BCUT2D eigenvalue weighted by atomic mass is 35.5. The molecule has 2 N–H and O–H groups in total. The van der Waals surface area contributed by atoms with E-state index in [1.807, 2.05) is 25.1 Å². The molecule has 0 unspecified atom stereocenters. The third kappa shape index (κ3) is 2.33. The Morgan fingerprint density at radius 3 is 2.65 bits per heavy atom. The van der Waals surface area contributed by atoms with E-state index in [0.717, 1.165) is 16.7 Å². The molecule has 0 bridgehead atoms. The Bertz CT molecular complexity index is 532. The zero-order chi connectivity index (χ0) is 12.4. The van der Waals surface area contributed by atoms with Crippen molar-refractivity contribution in [3.63, 3.8) is 0 Å². The summed E-state index contributed by atoms with van der Waals surface area (Å²) < 4.78 is 13.8. The molecule has 0 radical (unpaired) electrons. The van der Waals surface area contributed by atoms with Gasteiger partial charge in [0, 0.05) is 12.1 Å². The third-order valence-electron chi connectivity index (χ3n) is 2.77. The average molecular weight is 250 g/mol. The fourth-order valence-corrected chi connectivity index (χ4v) is 2.09. The smallest absolute Gasteiger partial charge is 0.132 e. The van der Waals surface area contributed by atoms with Crippen molar-refractivity contribution in [2.45, 2.75) is 13.5 Å². The maximum atomic E-state index is 13.8. The van der Waals surface area contributed by atoms with Gasteiger partial charge in [-0.25, -0.2) is 4.39 Å². The van der Waals surface area contributed by atoms with Crippen LogP contribution in [0.3, 0.4) is 0 Å². The Morgan fingerprint density at radius 2 is 2.00 bits per heavy atom. The summed E-state index contributed by atoms with van der Waals surface area (Å²) in [4.78, 5) is 0. The zero-order valence-corrected chi connectivity index (χ0v) is 10.3. The highest BCUT2D eigenvalue weighted by Gasteiger charge is 2.12. The Balaban J connectivity index is 2.67. The van der Waals surface area contributed by atoms with Crippen LogP contribution in [0.25, 0.3) is 11.1 Å². The summed E-state index contributed by atoms with van der Waals surface area (Å²) >= 11 is 6.06. The van der Waals surface area contributed by atoms with Crippen LogP contribution in [0.5, 0.6) is 0 Å². The molecule has 3 heteroatoms. The second kappa shape index (κ2) is 4.86. The fraction of sp³-hybridized carbons (Fsp3) is 0.143. The van der Waals surface area contributed by atoms with Gasteiger partial charge in [0.15, 0.2) is 0 Å². The molecule has 0 amide bonds. The molecule has 17 heavy (non-hydrogen) atoms. The number of rotatable bonds is 2. The highest BCUT2D eigenvalue weighted by molar-refractivity contribution is 6.33. The van der Waals surface area contributed by atoms with Crippen molar-refractivity contribution in [2.75, 3.05) is 0 Å². The van der Waals surface area contributed by atoms with Crippen LogP contribution in [0.2, 0.25) is 5.02 Å². The molecule has 0 atom stereocenters. The number of halogens is 2. The molecule has 0 saturated heterocycles. The minimum Gasteiger partial charge on any atom is -0.326 e. The van der Waals surface area contributed by atoms with Crippen LogP contribution in [-0.2, 0) is 6.54 Å². The van der Waals surface area contributed by atoms with Crippen LogP contribution >= 0.6 is 11.6 Å². The van der Waals surface area contributed by atoms with Gasteiger partial charge in [0.2, 0.25) is 0 Å². The first-order valence-corrected chi connectivity index (χ1v) is 5.75. The van der Waals surface area contributed by atoms with Crippen molar-refractivity contribution in [3.8, 4) is 11.1 Å². The van der Waals surface area contributed by atoms with Gasteiger partial charge in [-0.3, -0.25) is 0 Å². The normalized spacial score (nSPS) is 10.6.